The second-order valence-corrected chi connectivity index (χ2v) is 8.38. The molecule has 0 fully saturated rings. The van der Waals surface area contributed by atoms with Gasteiger partial charge in [0.2, 0.25) is 0 Å². The van der Waals surface area contributed by atoms with Crippen molar-refractivity contribution in [1.82, 2.24) is 14.9 Å². The second-order valence-electron chi connectivity index (χ2n) is 6.93. The summed E-state index contributed by atoms with van der Waals surface area (Å²) in [6, 6.07) is 14.9. The molecule has 0 radical (unpaired) electrons. The summed E-state index contributed by atoms with van der Waals surface area (Å²) in [7, 11) is 3.74. The van der Waals surface area contributed by atoms with Crippen LogP contribution in [0.3, 0.4) is 0 Å². The van der Waals surface area contributed by atoms with E-state index < -0.39 is 0 Å². The first-order valence-corrected chi connectivity index (χ1v) is 10.4. The molecular formula is C22H19ClN4O2S. The van der Waals surface area contributed by atoms with E-state index in [0.717, 1.165) is 10.8 Å². The number of benzene rings is 2. The predicted molar refractivity (Wildman–Crippen MR) is 122 cm³/mol. The zero-order valence-corrected chi connectivity index (χ0v) is 18.0. The number of carbonyl (C=O) groups excluding carboxylic acids is 1. The quantitative estimate of drug-likeness (QED) is 0.509. The number of thiazole rings is 1. The summed E-state index contributed by atoms with van der Waals surface area (Å²) in [5.41, 5.74) is 1.97. The van der Waals surface area contributed by atoms with Crippen molar-refractivity contribution >= 4 is 44.9 Å². The summed E-state index contributed by atoms with van der Waals surface area (Å²) in [4.78, 5) is 32.1. The van der Waals surface area contributed by atoms with Gasteiger partial charge >= 0.3 is 0 Å². The van der Waals surface area contributed by atoms with Crippen molar-refractivity contribution < 1.29 is 4.79 Å². The maximum atomic E-state index is 13.0. The standard InChI is InChI=1S/C22H19ClN4O2S/c1-26(2)22-25-12-19(30-22)21(29)24-11-14-13-27(16-6-4-3-5-7-16)18-10-15(23)8-9-17(18)20(14)28/h3-10,12-13H,11H2,1-2H3,(H,24,29). The molecular weight excluding hydrogens is 420 g/mol. The number of carbonyl (C=O) groups is 1. The molecule has 6 nitrogen and oxygen atoms in total. The van der Waals surface area contributed by atoms with Crippen LogP contribution in [0.4, 0.5) is 5.13 Å². The number of anilines is 1. The van der Waals surface area contributed by atoms with E-state index in [9.17, 15) is 9.59 Å². The number of para-hydroxylation sites is 1. The van der Waals surface area contributed by atoms with Crippen molar-refractivity contribution in [3.05, 3.63) is 86.6 Å². The second kappa shape index (κ2) is 8.30. The van der Waals surface area contributed by atoms with E-state index in [1.54, 1.807) is 30.6 Å². The zero-order chi connectivity index (χ0) is 21.3. The van der Waals surface area contributed by atoms with E-state index in [1.807, 2.05) is 53.9 Å². The van der Waals surface area contributed by atoms with Crippen molar-refractivity contribution in [3.63, 3.8) is 0 Å². The highest BCUT2D eigenvalue weighted by Gasteiger charge is 2.15. The molecule has 0 unspecified atom stereocenters. The van der Waals surface area contributed by atoms with Gasteiger partial charge in [-0.05, 0) is 30.3 Å². The molecule has 0 bridgehead atoms. The number of hydrogen-bond donors (Lipinski definition) is 1. The molecule has 0 saturated heterocycles. The molecule has 152 valence electrons. The van der Waals surface area contributed by atoms with Gasteiger partial charge in [0.15, 0.2) is 10.6 Å². The Labute approximate surface area is 182 Å². The number of rotatable bonds is 5. The molecule has 0 aliphatic heterocycles. The van der Waals surface area contributed by atoms with Crippen LogP contribution in [-0.4, -0.2) is 29.6 Å². The van der Waals surface area contributed by atoms with E-state index in [4.69, 9.17) is 11.6 Å². The molecule has 2 heterocycles. The first-order valence-electron chi connectivity index (χ1n) is 9.24. The Morgan fingerprint density at radius 3 is 2.67 bits per heavy atom. The molecule has 0 aliphatic carbocycles. The Kier molecular flexibility index (Phi) is 5.57. The molecule has 1 N–H and O–H groups in total. The lowest BCUT2D eigenvalue weighted by atomic mass is 10.1. The summed E-state index contributed by atoms with van der Waals surface area (Å²) >= 11 is 7.48. The Morgan fingerprint density at radius 2 is 1.97 bits per heavy atom. The SMILES string of the molecule is CN(C)c1ncc(C(=O)NCc2cn(-c3ccccc3)c3cc(Cl)ccc3c2=O)s1. The predicted octanol–water partition coefficient (Wildman–Crippen LogP) is 4.10. The van der Waals surface area contributed by atoms with Crippen LogP contribution in [0.1, 0.15) is 15.2 Å². The van der Waals surface area contributed by atoms with E-state index in [2.05, 4.69) is 10.3 Å². The number of nitrogens with zero attached hydrogens (tertiary/aromatic N) is 3. The molecule has 2 aromatic carbocycles. The first kappa shape index (κ1) is 20.1. The lowest BCUT2D eigenvalue weighted by Crippen LogP contribution is -2.26. The third-order valence-corrected chi connectivity index (χ3v) is 6.01. The van der Waals surface area contributed by atoms with Crippen LogP contribution in [0.25, 0.3) is 16.6 Å². The van der Waals surface area contributed by atoms with Crippen molar-refractivity contribution in [2.24, 2.45) is 0 Å². The fourth-order valence-electron chi connectivity index (χ4n) is 3.12. The molecule has 0 spiro atoms. The average Bonchev–Trinajstić information content (AvgIpc) is 3.24. The third kappa shape index (κ3) is 3.94. The lowest BCUT2D eigenvalue weighted by Gasteiger charge is -2.14. The number of nitrogens with one attached hydrogen (secondary N) is 1. The summed E-state index contributed by atoms with van der Waals surface area (Å²) in [6.45, 7) is 0.109. The molecule has 2 aromatic heterocycles. The maximum Gasteiger partial charge on any atom is 0.263 e. The summed E-state index contributed by atoms with van der Waals surface area (Å²) in [5.74, 6) is -0.262. The fourth-order valence-corrected chi connectivity index (χ4v) is 4.04. The smallest absolute Gasteiger partial charge is 0.263 e. The van der Waals surface area contributed by atoms with Crippen LogP contribution in [-0.2, 0) is 6.54 Å². The van der Waals surface area contributed by atoms with Gasteiger partial charge in [0.25, 0.3) is 5.91 Å². The van der Waals surface area contributed by atoms with Gasteiger partial charge in [-0.15, -0.1) is 0 Å². The molecule has 8 heteroatoms. The van der Waals surface area contributed by atoms with Gasteiger partial charge in [-0.25, -0.2) is 4.98 Å². The van der Waals surface area contributed by atoms with Crippen molar-refractivity contribution in [2.75, 3.05) is 19.0 Å². The highest BCUT2D eigenvalue weighted by molar-refractivity contribution is 7.17. The van der Waals surface area contributed by atoms with E-state index in [1.165, 1.54) is 11.3 Å². The third-order valence-electron chi connectivity index (χ3n) is 4.61. The summed E-state index contributed by atoms with van der Waals surface area (Å²) in [5, 5.41) is 4.68. The van der Waals surface area contributed by atoms with E-state index in [-0.39, 0.29) is 17.9 Å². The minimum absolute atomic E-state index is 0.109. The number of halogens is 1. The lowest BCUT2D eigenvalue weighted by molar-refractivity contribution is 0.0954. The first-order chi connectivity index (χ1) is 14.4. The summed E-state index contributed by atoms with van der Waals surface area (Å²) < 4.78 is 1.92. The van der Waals surface area contributed by atoms with Gasteiger partial charge in [-0.1, -0.05) is 41.1 Å². The van der Waals surface area contributed by atoms with Crippen LogP contribution >= 0.6 is 22.9 Å². The van der Waals surface area contributed by atoms with E-state index >= 15 is 0 Å². The Hall–Kier alpha value is -3.16. The summed E-state index contributed by atoms with van der Waals surface area (Å²) in [6.07, 6.45) is 3.30. The topological polar surface area (TPSA) is 67.2 Å². The zero-order valence-electron chi connectivity index (χ0n) is 16.4. The largest absolute Gasteiger partial charge is 0.354 e. The Balaban J connectivity index is 1.70. The van der Waals surface area contributed by atoms with E-state index in [0.29, 0.717) is 26.4 Å². The molecule has 0 atom stereocenters. The van der Waals surface area contributed by atoms with Gasteiger partial charge in [0.1, 0.15) is 4.88 Å². The number of aromatic nitrogens is 2. The number of amides is 1. The van der Waals surface area contributed by atoms with Crippen molar-refractivity contribution in [1.29, 1.82) is 0 Å². The average molecular weight is 439 g/mol. The van der Waals surface area contributed by atoms with Gasteiger partial charge in [0.05, 0.1) is 11.7 Å². The normalized spacial score (nSPS) is 10.9. The number of hydrogen-bond acceptors (Lipinski definition) is 5. The molecule has 0 saturated carbocycles. The minimum atomic E-state index is -0.262. The Morgan fingerprint density at radius 1 is 1.20 bits per heavy atom. The van der Waals surface area contributed by atoms with Gasteiger partial charge in [-0.2, -0.15) is 0 Å². The highest BCUT2D eigenvalue weighted by Crippen LogP contribution is 2.22. The molecule has 30 heavy (non-hydrogen) atoms. The van der Waals surface area contributed by atoms with Gasteiger partial charge in [-0.3, -0.25) is 9.59 Å². The van der Waals surface area contributed by atoms with Gasteiger partial charge < -0.3 is 14.8 Å². The monoisotopic (exact) mass is 438 g/mol. The molecule has 4 rings (SSSR count). The van der Waals surface area contributed by atoms with Crippen LogP contribution < -0.4 is 15.6 Å². The minimum Gasteiger partial charge on any atom is -0.354 e. The molecule has 1 amide bonds. The number of fused-ring (bicyclic) bond motifs is 1. The van der Waals surface area contributed by atoms with Gasteiger partial charge in [0, 0.05) is 48.5 Å². The van der Waals surface area contributed by atoms with Crippen LogP contribution in [0.15, 0.2) is 65.7 Å². The fraction of sp³-hybridized carbons (Fsp3) is 0.136. The molecule has 0 aliphatic rings. The van der Waals surface area contributed by atoms with Crippen molar-refractivity contribution in [3.8, 4) is 5.69 Å². The van der Waals surface area contributed by atoms with Crippen LogP contribution in [0.2, 0.25) is 5.02 Å². The Bertz CT molecular complexity index is 1280. The van der Waals surface area contributed by atoms with Crippen molar-refractivity contribution in [2.45, 2.75) is 6.54 Å². The highest BCUT2D eigenvalue weighted by atomic mass is 35.5. The van der Waals surface area contributed by atoms with Crippen LogP contribution in [0.5, 0.6) is 0 Å². The van der Waals surface area contributed by atoms with Crippen LogP contribution in [0, 0.1) is 0 Å². The number of pyridine rings is 1. The maximum absolute atomic E-state index is 13.0. The molecule has 4 aromatic rings.